The second-order valence-electron chi connectivity index (χ2n) is 5.60. The molecule has 0 aliphatic heterocycles. The van der Waals surface area contributed by atoms with Gasteiger partial charge in [0.25, 0.3) is 5.91 Å². The largest absolute Gasteiger partial charge is 0.484 e. The number of amides is 2. The van der Waals surface area contributed by atoms with E-state index >= 15 is 0 Å². The smallest absolute Gasteiger partial charge is 0.407 e. The van der Waals surface area contributed by atoms with Gasteiger partial charge in [-0.3, -0.25) is 4.79 Å². The van der Waals surface area contributed by atoms with Crippen LogP contribution in [-0.4, -0.2) is 37.8 Å². The van der Waals surface area contributed by atoms with Crippen molar-refractivity contribution in [2.24, 2.45) is 5.92 Å². The molecule has 6 nitrogen and oxygen atoms in total. The van der Waals surface area contributed by atoms with Crippen LogP contribution in [0.3, 0.4) is 0 Å². The van der Waals surface area contributed by atoms with Gasteiger partial charge in [0.15, 0.2) is 6.61 Å². The molecule has 0 heterocycles. The molecule has 0 saturated carbocycles. The molecule has 0 saturated heterocycles. The summed E-state index contributed by atoms with van der Waals surface area (Å²) in [6.45, 7) is 6.46. The topological polar surface area (TPSA) is 76.7 Å². The molecule has 0 radical (unpaired) electrons. The van der Waals surface area contributed by atoms with Gasteiger partial charge in [0, 0.05) is 12.6 Å². The van der Waals surface area contributed by atoms with E-state index in [1.807, 2.05) is 18.2 Å². The summed E-state index contributed by atoms with van der Waals surface area (Å²) >= 11 is 0. The summed E-state index contributed by atoms with van der Waals surface area (Å²) in [6.07, 6.45) is 0.284. The Bertz CT molecular complexity index is 477. The summed E-state index contributed by atoms with van der Waals surface area (Å²) in [5.41, 5.74) is 0. The summed E-state index contributed by atoms with van der Waals surface area (Å²) < 4.78 is 10.3. The van der Waals surface area contributed by atoms with Crippen LogP contribution in [0.25, 0.3) is 0 Å². The molecule has 0 aliphatic carbocycles. The predicted molar refractivity (Wildman–Crippen MR) is 88.3 cm³/mol. The van der Waals surface area contributed by atoms with Gasteiger partial charge in [-0.25, -0.2) is 4.79 Å². The van der Waals surface area contributed by atoms with Crippen molar-refractivity contribution in [2.45, 2.75) is 33.2 Å². The van der Waals surface area contributed by atoms with E-state index in [1.54, 1.807) is 19.1 Å². The van der Waals surface area contributed by atoms with Gasteiger partial charge in [-0.2, -0.15) is 0 Å². The van der Waals surface area contributed by atoms with Gasteiger partial charge in [-0.05, 0) is 31.4 Å². The Kier molecular flexibility index (Phi) is 8.57. The third kappa shape index (κ3) is 8.70. The van der Waals surface area contributed by atoms with Crippen LogP contribution < -0.4 is 15.4 Å². The summed E-state index contributed by atoms with van der Waals surface area (Å²) in [5, 5.41) is 5.53. The van der Waals surface area contributed by atoms with Gasteiger partial charge in [-0.15, -0.1) is 0 Å². The summed E-state index contributed by atoms with van der Waals surface area (Å²) in [4.78, 5) is 23.4. The van der Waals surface area contributed by atoms with Crippen LogP contribution in [0, 0.1) is 5.92 Å². The minimum atomic E-state index is -0.465. The number of ether oxygens (including phenoxy) is 2. The Labute approximate surface area is 137 Å². The van der Waals surface area contributed by atoms with Crippen LogP contribution in [0.4, 0.5) is 4.79 Å². The second kappa shape index (κ2) is 10.5. The average molecular weight is 322 g/mol. The highest BCUT2D eigenvalue weighted by Crippen LogP contribution is 2.08. The molecule has 2 N–H and O–H groups in total. The molecule has 0 aliphatic rings. The molecule has 128 valence electrons. The molecule has 23 heavy (non-hydrogen) atoms. The second-order valence-corrected chi connectivity index (χ2v) is 5.60. The molecule has 0 spiro atoms. The van der Waals surface area contributed by atoms with Gasteiger partial charge >= 0.3 is 6.09 Å². The minimum absolute atomic E-state index is 0.0577. The number of carbonyl (C=O) groups excluding carboxylic acids is 2. The average Bonchev–Trinajstić information content (AvgIpc) is 2.51. The fraction of sp³-hybridized carbons (Fsp3) is 0.529. The SMILES string of the molecule is CCOC(=O)N[C@H](CNC(=O)COc1ccccc1)CC(C)C. The van der Waals surface area contributed by atoms with E-state index < -0.39 is 6.09 Å². The third-order valence-corrected chi connectivity index (χ3v) is 3.01. The molecule has 0 bridgehead atoms. The van der Waals surface area contributed by atoms with E-state index in [1.165, 1.54) is 0 Å². The monoisotopic (exact) mass is 322 g/mol. The zero-order valence-corrected chi connectivity index (χ0v) is 14.0. The van der Waals surface area contributed by atoms with Crippen molar-refractivity contribution in [2.75, 3.05) is 19.8 Å². The molecular weight excluding hydrogens is 296 g/mol. The first kappa shape index (κ1) is 18.8. The lowest BCUT2D eigenvalue weighted by Crippen LogP contribution is -2.45. The quantitative estimate of drug-likeness (QED) is 0.731. The maximum absolute atomic E-state index is 11.8. The standard InChI is InChI=1S/C17H26N2O4/c1-4-22-17(21)19-14(10-13(2)3)11-18-16(20)12-23-15-8-6-5-7-9-15/h5-9,13-14H,4,10-12H2,1-3H3,(H,18,20)(H,19,21)/t14-/m0/s1. The zero-order chi connectivity index (χ0) is 17.1. The van der Waals surface area contributed by atoms with Gasteiger partial charge in [0.2, 0.25) is 0 Å². The van der Waals surface area contributed by atoms with Gasteiger partial charge < -0.3 is 20.1 Å². The van der Waals surface area contributed by atoms with Crippen molar-refractivity contribution in [3.63, 3.8) is 0 Å². The Balaban J connectivity index is 2.37. The molecule has 0 unspecified atom stereocenters. The van der Waals surface area contributed by atoms with E-state index in [0.717, 1.165) is 6.42 Å². The molecule has 0 aromatic heterocycles. The van der Waals surface area contributed by atoms with Crippen molar-refractivity contribution in [1.29, 1.82) is 0 Å². The third-order valence-electron chi connectivity index (χ3n) is 3.01. The van der Waals surface area contributed by atoms with Crippen LogP contribution in [0.2, 0.25) is 0 Å². The minimum Gasteiger partial charge on any atom is -0.484 e. The number of benzene rings is 1. The zero-order valence-electron chi connectivity index (χ0n) is 14.0. The summed E-state index contributed by atoms with van der Waals surface area (Å²) in [6, 6.07) is 8.97. The number of carbonyl (C=O) groups is 2. The molecule has 1 atom stereocenters. The van der Waals surface area contributed by atoms with Crippen LogP contribution in [0.1, 0.15) is 27.2 Å². The lowest BCUT2D eigenvalue weighted by atomic mass is 10.0. The van der Waals surface area contributed by atoms with Crippen LogP contribution in [0.15, 0.2) is 30.3 Å². The summed E-state index contributed by atoms with van der Waals surface area (Å²) in [5.74, 6) is 0.804. The van der Waals surface area contributed by atoms with Gasteiger partial charge in [-0.1, -0.05) is 32.0 Å². The lowest BCUT2D eigenvalue weighted by Gasteiger charge is -2.20. The first-order valence-electron chi connectivity index (χ1n) is 7.89. The van der Waals surface area contributed by atoms with E-state index in [2.05, 4.69) is 24.5 Å². The van der Waals surface area contributed by atoms with E-state index in [4.69, 9.17) is 9.47 Å². The van der Waals surface area contributed by atoms with Crippen LogP contribution >= 0.6 is 0 Å². The molecule has 1 aromatic rings. The van der Waals surface area contributed by atoms with Crippen LogP contribution in [0.5, 0.6) is 5.75 Å². The van der Waals surface area contributed by atoms with Gasteiger partial charge in [0.1, 0.15) is 5.75 Å². The Morgan fingerprint density at radius 2 is 1.87 bits per heavy atom. The highest BCUT2D eigenvalue weighted by molar-refractivity contribution is 5.77. The van der Waals surface area contributed by atoms with Gasteiger partial charge in [0.05, 0.1) is 6.61 Å². The highest BCUT2D eigenvalue weighted by Gasteiger charge is 2.16. The van der Waals surface area contributed by atoms with E-state index in [-0.39, 0.29) is 18.6 Å². The maximum atomic E-state index is 11.8. The molecule has 2 amide bonds. The number of alkyl carbamates (subject to hydrolysis) is 1. The van der Waals surface area contributed by atoms with Crippen molar-refractivity contribution in [3.05, 3.63) is 30.3 Å². The van der Waals surface area contributed by atoms with Crippen molar-refractivity contribution in [3.8, 4) is 5.75 Å². The molecular formula is C17H26N2O4. The fourth-order valence-corrected chi connectivity index (χ4v) is 2.06. The lowest BCUT2D eigenvalue weighted by molar-refractivity contribution is -0.123. The predicted octanol–water partition coefficient (Wildman–Crippen LogP) is 2.34. The van der Waals surface area contributed by atoms with Crippen molar-refractivity contribution < 1.29 is 19.1 Å². The first-order valence-corrected chi connectivity index (χ1v) is 7.89. The van der Waals surface area contributed by atoms with E-state index in [0.29, 0.717) is 24.8 Å². The fourth-order valence-electron chi connectivity index (χ4n) is 2.06. The van der Waals surface area contributed by atoms with Crippen molar-refractivity contribution >= 4 is 12.0 Å². The Morgan fingerprint density at radius 1 is 1.17 bits per heavy atom. The van der Waals surface area contributed by atoms with E-state index in [9.17, 15) is 9.59 Å². The van der Waals surface area contributed by atoms with Crippen LogP contribution in [-0.2, 0) is 9.53 Å². The normalized spacial score (nSPS) is 11.7. The number of hydrogen-bond donors (Lipinski definition) is 2. The molecule has 0 fully saturated rings. The first-order chi connectivity index (χ1) is 11.0. The number of para-hydroxylation sites is 1. The Morgan fingerprint density at radius 3 is 2.48 bits per heavy atom. The molecule has 1 aromatic carbocycles. The Hall–Kier alpha value is -2.24. The summed E-state index contributed by atoms with van der Waals surface area (Å²) in [7, 11) is 0. The highest BCUT2D eigenvalue weighted by atomic mass is 16.5. The molecule has 1 rings (SSSR count). The number of hydrogen-bond acceptors (Lipinski definition) is 4. The number of rotatable bonds is 9. The molecule has 6 heteroatoms. The maximum Gasteiger partial charge on any atom is 0.407 e. The van der Waals surface area contributed by atoms with Crippen molar-refractivity contribution in [1.82, 2.24) is 10.6 Å². The number of nitrogens with one attached hydrogen (secondary N) is 2.